The van der Waals surface area contributed by atoms with E-state index in [4.69, 9.17) is 5.11 Å². The molecule has 0 aliphatic carbocycles. The molecule has 0 radical (unpaired) electrons. The molecule has 0 aliphatic rings. The first-order chi connectivity index (χ1) is 9.97. The number of nitrogens with one attached hydrogen (secondary N) is 2. The summed E-state index contributed by atoms with van der Waals surface area (Å²) in [6, 6.07) is 5.87. The lowest BCUT2D eigenvalue weighted by Gasteiger charge is -2.05. The van der Waals surface area contributed by atoms with Crippen LogP contribution in [-0.2, 0) is 21.4 Å². The molecule has 1 heterocycles. The van der Waals surface area contributed by atoms with Crippen LogP contribution in [0.2, 0.25) is 0 Å². The Bertz CT molecular complexity index is 755. The maximum Gasteiger partial charge on any atom is 0.328 e. The van der Waals surface area contributed by atoms with Crippen molar-refractivity contribution in [2.75, 3.05) is 0 Å². The van der Waals surface area contributed by atoms with E-state index in [0.29, 0.717) is 5.56 Å². The standard InChI is InChI=1S/C11H11N5O4S/c17-11(18)5-4-8-2-1-3-9(6-8)21(19,20)12-7-10-13-15-16-14-10/h1-6,12H,7H2,(H,17,18)(H,13,14,15,16). The Kier molecular flexibility index (Phi) is 4.40. The van der Waals surface area contributed by atoms with Crippen LogP contribution in [0, 0.1) is 0 Å². The zero-order valence-electron chi connectivity index (χ0n) is 10.6. The van der Waals surface area contributed by atoms with Crippen molar-refractivity contribution < 1.29 is 18.3 Å². The number of tetrazole rings is 1. The Labute approximate surface area is 119 Å². The molecule has 9 nitrogen and oxygen atoms in total. The molecule has 21 heavy (non-hydrogen) atoms. The van der Waals surface area contributed by atoms with Gasteiger partial charge in [0.25, 0.3) is 0 Å². The van der Waals surface area contributed by atoms with Gasteiger partial charge in [-0.05, 0) is 23.8 Å². The Morgan fingerprint density at radius 1 is 1.43 bits per heavy atom. The second-order valence-electron chi connectivity index (χ2n) is 3.90. The summed E-state index contributed by atoms with van der Waals surface area (Å²) in [7, 11) is -3.75. The molecule has 0 saturated carbocycles. The van der Waals surface area contributed by atoms with Gasteiger partial charge in [-0.1, -0.05) is 17.3 Å². The predicted octanol–water partition coefficient (Wildman–Crippen LogP) is -0.224. The van der Waals surface area contributed by atoms with E-state index in [0.717, 1.165) is 6.08 Å². The third-order valence-corrected chi connectivity index (χ3v) is 3.80. The summed E-state index contributed by atoms with van der Waals surface area (Å²) in [5, 5.41) is 21.3. The molecule has 0 saturated heterocycles. The highest BCUT2D eigenvalue weighted by atomic mass is 32.2. The smallest absolute Gasteiger partial charge is 0.328 e. The van der Waals surface area contributed by atoms with Crippen LogP contribution in [0.4, 0.5) is 0 Å². The molecule has 2 aromatic rings. The third kappa shape index (κ3) is 4.19. The minimum absolute atomic E-state index is 0.0125. The summed E-state index contributed by atoms with van der Waals surface area (Å²) in [6.07, 6.45) is 2.24. The predicted molar refractivity (Wildman–Crippen MR) is 71.3 cm³/mol. The lowest BCUT2D eigenvalue weighted by Crippen LogP contribution is -2.23. The van der Waals surface area contributed by atoms with Crippen molar-refractivity contribution in [3.8, 4) is 0 Å². The lowest BCUT2D eigenvalue weighted by atomic mass is 10.2. The van der Waals surface area contributed by atoms with Gasteiger partial charge in [0, 0.05) is 6.08 Å². The van der Waals surface area contributed by atoms with E-state index in [-0.39, 0.29) is 17.3 Å². The van der Waals surface area contributed by atoms with E-state index >= 15 is 0 Å². The quantitative estimate of drug-likeness (QED) is 0.627. The second kappa shape index (κ2) is 6.24. The van der Waals surface area contributed by atoms with Gasteiger partial charge in [0.15, 0.2) is 5.82 Å². The van der Waals surface area contributed by atoms with E-state index in [1.807, 2.05) is 0 Å². The lowest BCUT2D eigenvalue weighted by molar-refractivity contribution is -0.131. The van der Waals surface area contributed by atoms with Gasteiger partial charge in [-0.15, -0.1) is 10.2 Å². The number of carboxylic acid groups (broad SMARTS) is 1. The Balaban J connectivity index is 2.16. The maximum absolute atomic E-state index is 12.1. The number of hydrogen-bond acceptors (Lipinski definition) is 6. The number of carbonyl (C=O) groups is 1. The minimum Gasteiger partial charge on any atom is -0.478 e. The van der Waals surface area contributed by atoms with E-state index in [2.05, 4.69) is 25.3 Å². The number of H-pyrrole nitrogens is 1. The van der Waals surface area contributed by atoms with Crippen LogP contribution in [0.15, 0.2) is 35.2 Å². The molecule has 0 spiro atoms. The number of nitrogens with zero attached hydrogens (tertiary/aromatic N) is 3. The van der Waals surface area contributed by atoms with Crippen molar-refractivity contribution in [2.45, 2.75) is 11.4 Å². The zero-order chi connectivity index (χ0) is 15.3. The highest BCUT2D eigenvalue weighted by Crippen LogP contribution is 2.13. The minimum atomic E-state index is -3.75. The number of hydrogen-bond donors (Lipinski definition) is 3. The first kappa shape index (κ1) is 14.8. The van der Waals surface area contributed by atoms with Gasteiger partial charge in [-0.2, -0.15) is 5.21 Å². The molecule has 0 bridgehead atoms. The van der Waals surface area contributed by atoms with Gasteiger partial charge >= 0.3 is 5.97 Å². The van der Waals surface area contributed by atoms with Gasteiger partial charge in [-0.3, -0.25) is 0 Å². The molecule has 3 N–H and O–H groups in total. The molecule has 0 aliphatic heterocycles. The fourth-order valence-corrected chi connectivity index (χ4v) is 2.49. The first-order valence-electron chi connectivity index (χ1n) is 5.70. The molecule has 10 heteroatoms. The zero-order valence-corrected chi connectivity index (χ0v) is 11.4. The molecule has 110 valence electrons. The highest BCUT2D eigenvalue weighted by Gasteiger charge is 2.14. The summed E-state index contributed by atoms with van der Waals surface area (Å²) in [5.41, 5.74) is 0.458. The summed E-state index contributed by atoms with van der Waals surface area (Å²) >= 11 is 0. The van der Waals surface area contributed by atoms with Crippen LogP contribution in [-0.4, -0.2) is 40.1 Å². The normalized spacial score (nSPS) is 11.8. The number of aromatic amines is 1. The van der Waals surface area contributed by atoms with Crippen molar-refractivity contribution in [1.29, 1.82) is 0 Å². The van der Waals surface area contributed by atoms with Crippen LogP contribution in [0.3, 0.4) is 0 Å². The van der Waals surface area contributed by atoms with Crippen molar-refractivity contribution in [3.63, 3.8) is 0 Å². The molecule has 0 unspecified atom stereocenters. The van der Waals surface area contributed by atoms with Crippen molar-refractivity contribution in [1.82, 2.24) is 25.3 Å². The molecular formula is C11H11N5O4S. The fraction of sp³-hybridized carbons (Fsp3) is 0.0909. The number of sulfonamides is 1. The van der Waals surface area contributed by atoms with Crippen LogP contribution >= 0.6 is 0 Å². The monoisotopic (exact) mass is 309 g/mol. The number of aliphatic carboxylic acids is 1. The number of benzene rings is 1. The van der Waals surface area contributed by atoms with Gasteiger partial charge in [0.05, 0.1) is 11.4 Å². The summed E-state index contributed by atoms with van der Waals surface area (Å²) < 4.78 is 26.5. The van der Waals surface area contributed by atoms with Crippen molar-refractivity contribution >= 4 is 22.1 Å². The third-order valence-electron chi connectivity index (χ3n) is 2.40. The average molecular weight is 309 g/mol. The molecule has 0 amide bonds. The molecule has 0 atom stereocenters. The SMILES string of the molecule is O=C(O)C=Cc1cccc(S(=O)(=O)NCc2nn[nH]n2)c1. The summed E-state index contributed by atoms with van der Waals surface area (Å²) in [4.78, 5) is 10.5. The number of rotatable bonds is 6. The van der Waals surface area contributed by atoms with Crippen LogP contribution in [0.25, 0.3) is 6.08 Å². The van der Waals surface area contributed by atoms with Crippen molar-refractivity contribution in [3.05, 3.63) is 41.7 Å². The van der Waals surface area contributed by atoms with Gasteiger partial charge in [-0.25, -0.2) is 17.9 Å². The second-order valence-corrected chi connectivity index (χ2v) is 5.66. The van der Waals surface area contributed by atoms with Crippen molar-refractivity contribution in [2.24, 2.45) is 0 Å². The van der Waals surface area contributed by atoms with E-state index in [1.54, 1.807) is 6.07 Å². The topological polar surface area (TPSA) is 138 Å². The summed E-state index contributed by atoms with van der Waals surface area (Å²) in [5.74, 6) is -0.904. The number of carboxylic acids is 1. The molecule has 1 aromatic carbocycles. The summed E-state index contributed by atoms with van der Waals surface area (Å²) in [6.45, 7) is -0.103. The van der Waals surface area contributed by atoms with E-state index in [1.165, 1.54) is 24.3 Å². The average Bonchev–Trinajstić information content (AvgIpc) is 2.97. The fourth-order valence-electron chi connectivity index (χ4n) is 1.45. The first-order valence-corrected chi connectivity index (χ1v) is 7.19. The molecular weight excluding hydrogens is 298 g/mol. The van der Waals surface area contributed by atoms with Gasteiger partial charge in [0.2, 0.25) is 10.0 Å². The molecule has 2 rings (SSSR count). The van der Waals surface area contributed by atoms with E-state index < -0.39 is 16.0 Å². The highest BCUT2D eigenvalue weighted by molar-refractivity contribution is 7.89. The molecule has 0 fully saturated rings. The largest absolute Gasteiger partial charge is 0.478 e. The Morgan fingerprint density at radius 2 is 2.24 bits per heavy atom. The maximum atomic E-state index is 12.1. The Hall–Kier alpha value is -2.59. The van der Waals surface area contributed by atoms with E-state index in [9.17, 15) is 13.2 Å². The van der Waals surface area contributed by atoms with Gasteiger partial charge < -0.3 is 5.11 Å². The molecule has 1 aromatic heterocycles. The number of aromatic nitrogens is 4. The van der Waals surface area contributed by atoms with Gasteiger partial charge in [0.1, 0.15) is 0 Å². The van der Waals surface area contributed by atoms with Crippen LogP contribution < -0.4 is 4.72 Å². The van der Waals surface area contributed by atoms with Crippen LogP contribution in [0.5, 0.6) is 0 Å². The Morgan fingerprint density at radius 3 is 2.90 bits per heavy atom. The van der Waals surface area contributed by atoms with Crippen LogP contribution in [0.1, 0.15) is 11.4 Å².